The van der Waals surface area contributed by atoms with Crippen molar-refractivity contribution in [1.82, 2.24) is 14.7 Å². The van der Waals surface area contributed by atoms with Gasteiger partial charge in [0.2, 0.25) is 0 Å². The van der Waals surface area contributed by atoms with Crippen LogP contribution >= 0.6 is 11.3 Å². The first-order valence-corrected chi connectivity index (χ1v) is 7.64. The monoisotopic (exact) mass is 285 g/mol. The van der Waals surface area contributed by atoms with Gasteiger partial charge < -0.3 is 10.1 Å². The number of thiazole rings is 1. The number of imidazole rings is 1. The standard InChI is InChI=1S/C15H15N3OS/c1-2-4-14-12(3-1)13(5-7-19-14)16-9-11-10-18-6-8-20-15(18)17-11/h1-4,6,8,10,13,16H,5,7,9H2. The molecular weight excluding hydrogens is 270 g/mol. The van der Waals surface area contributed by atoms with Crippen LogP contribution in [-0.2, 0) is 6.54 Å². The fraction of sp³-hybridized carbons (Fsp3) is 0.267. The number of ether oxygens (including phenoxy) is 1. The van der Waals surface area contributed by atoms with Crippen LogP contribution in [0.1, 0.15) is 23.7 Å². The van der Waals surface area contributed by atoms with Gasteiger partial charge in [-0.15, -0.1) is 11.3 Å². The molecule has 1 unspecified atom stereocenters. The summed E-state index contributed by atoms with van der Waals surface area (Å²) in [4.78, 5) is 5.65. The molecule has 1 atom stereocenters. The number of para-hydroxylation sites is 1. The highest BCUT2D eigenvalue weighted by Crippen LogP contribution is 2.31. The number of aromatic nitrogens is 2. The first-order chi connectivity index (χ1) is 9.90. The normalized spacial score (nSPS) is 17.9. The summed E-state index contributed by atoms with van der Waals surface area (Å²) < 4.78 is 7.75. The molecule has 0 bridgehead atoms. The summed E-state index contributed by atoms with van der Waals surface area (Å²) in [5, 5.41) is 5.64. The Kier molecular flexibility index (Phi) is 2.94. The zero-order chi connectivity index (χ0) is 13.4. The van der Waals surface area contributed by atoms with Crippen LogP contribution in [0.4, 0.5) is 0 Å². The number of rotatable bonds is 3. The second kappa shape index (κ2) is 4.92. The smallest absolute Gasteiger partial charge is 0.193 e. The van der Waals surface area contributed by atoms with Crippen LogP contribution in [0.3, 0.4) is 0 Å². The third kappa shape index (κ3) is 2.09. The van der Waals surface area contributed by atoms with Gasteiger partial charge in [-0.25, -0.2) is 4.98 Å². The quantitative estimate of drug-likeness (QED) is 0.804. The average Bonchev–Trinajstić information content (AvgIpc) is 3.06. The Morgan fingerprint density at radius 1 is 1.40 bits per heavy atom. The Hall–Kier alpha value is -1.85. The summed E-state index contributed by atoms with van der Waals surface area (Å²) in [6.07, 6.45) is 5.13. The van der Waals surface area contributed by atoms with Gasteiger partial charge in [-0.2, -0.15) is 0 Å². The summed E-state index contributed by atoms with van der Waals surface area (Å²) in [5.74, 6) is 1.00. The summed E-state index contributed by atoms with van der Waals surface area (Å²) in [5.41, 5.74) is 2.33. The second-order valence-electron chi connectivity index (χ2n) is 4.93. The molecule has 0 amide bonds. The molecule has 1 N–H and O–H groups in total. The number of hydrogen-bond donors (Lipinski definition) is 1. The van der Waals surface area contributed by atoms with Crippen molar-refractivity contribution in [2.75, 3.05) is 6.61 Å². The average molecular weight is 285 g/mol. The molecular formula is C15H15N3OS. The van der Waals surface area contributed by atoms with Crippen LogP contribution in [0.2, 0.25) is 0 Å². The van der Waals surface area contributed by atoms with Crippen molar-refractivity contribution in [1.29, 1.82) is 0 Å². The molecule has 5 heteroatoms. The Bertz CT molecular complexity index is 705. The largest absolute Gasteiger partial charge is 0.493 e. The van der Waals surface area contributed by atoms with Crippen molar-refractivity contribution >= 4 is 16.3 Å². The number of nitrogens with zero attached hydrogens (tertiary/aromatic N) is 2. The van der Waals surface area contributed by atoms with Crippen LogP contribution in [0.5, 0.6) is 5.75 Å². The first kappa shape index (κ1) is 11.9. The van der Waals surface area contributed by atoms with Gasteiger partial charge in [0.1, 0.15) is 5.75 Å². The summed E-state index contributed by atoms with van der Waals surface area (Å²) in [6.45, 7) is 1.56. The molecule has 0 saturated carbocycles. The van der Waals surface area contributed by atoms with E-state index in [2.05, 4.69) is 33.0 Å². The predicted molar refractivity (Wildman–Crippen MR) is 79.2 cm³/mol. The highest BCUT2D eigenvalue weighted by Gasteiger charge is 2.20. The lowest BCUT2D eigenvalue weighted by molar-refractivity contribution is 0.252. The molecule has 1 aromatic carbocycles. The molecule has 0 aliphatic carbocycles. The molecule has 0 spiro atoms. The van der Waals surface area contributed by atoms with E-state index in [0.29, 0.717) is 6.04 Å². The Morgan fingerprint density at radius 2 is 2.35 bits per heavy atom. The van der Waals surface area contributed by atoms with Crippen molar-refractivity contribution in [2.24, 2.45) is 0 Å². The van der Waals surface area contributed by atoms with E-state index in [0.717, 1.165) is 36.0 Å². The van der Waals surface area contributed by atoms with E-state index < -0.39 is 0 Å². The Balaban J connectivity index is 1.51. The molecule has 3 heterocycles. The van der Waals surface area contributed by atoms with E-state index in [4.69, 9.17) is 4.74 Å². The van der Waals surface area contributed by atoms with E-state index in [9.17, 15) is 0 Å². The lowest BCUT2D eigenvalue weighted by Gasteiger charge is -2.26. The highest BCUT2D eigenvalue weighted by atomic mass is 32.1. The van der Waals surface area contributed by atoms with Gasteiger partial charge in [-0.3, -0.25) is 4.40 Å². The molecule has 1 aliphatic rings. The number of benzene rings is 1. The van der Waals surface area contributed by atoms with Gasteiger partial charge in [0.15, 0.2) is 4.96 Å². The number of nitrogens with one attached hydrogen (secondary N) is 1. The molecule has 3 aromatic rings. The third-order valence-electron chi connectivity index (χ3n) is 3.63. The van der Waals surface area contributed by atoms with Gasteiger partial charge in [0.05, 0.1) is 12.3 Å². The topological polar surface area (TPSA) is 38.6 Å². The molecule has 1 aliphatic heterocycles. The van der Waals surface area contributed by atoms with E-state index in [1.165, 1.54) is 5.56 Å². The first-order valence-electron chi connectivity index (χ1n) is 6.76. The van der Waals surface area contributed by atoms with E-state index in [1.54, 1.807) is 11.3 Å². The van der Waals surface area contributed by atoms with Crippen molar-refractivity contribution in [3.05, 3.63) is 53.3 Å². The molecule has 0 fully saturated rings. The SMILES string of the molecule is c1ccc2c(c1)OCCC2NCc1cn2ccsc2n1. The maximum absolute atomic E-state index is 5.68. The predicted octanol–water partition coefficient (Wildman–Crippen LogP) is 3.01. The number of hydrogen-bond acceptors (Lipinski definition) is 4. The van der Waals surface area contributed by atoms with Crippen LogP contribution in [0.15, 0.2) is 42.0 Å². The summed E-state index contributed by atoms with van der Waals surface area (Å²) in [7, 11) is 0. The van der Waals surface area contributed by atoms with Crippen LogP contribution in [-0.4, -0.2) is 16.0 Å². The Labute approximate surface area is 121 Å². The van der Waals surface area contributed by atoms with Crippen LogP contribution < -0.4 is 10.1 Å². The fourth-order valence-corrected chi connectivity index (χ4v) is 3.36. The van der Waals surface area contributed by atoms with Crippen molar-refractivity contribution in [2.45, 2.75) is 19.0 Å². The van der Waals surface area contributed by atoms with Crippen molar-refractivity contribution < 1.29 is 4.74 Å². The Morgan fingerprint density at radius 3 is 3.30 bits per heavy atom. The highest BCUT2D eigenvalue weighted by molar-refractivity contribution is 7.15. The van der Waals surface area contributed by atoms with E-state index in [-0.39, 0.29) is 0 Å². The second-order valence-corrected chi connectivity index (χ2v) is 5.81. The lowest BCUT2D eigenvalue weighted by atomic mass is 10.0. The van der Waals surface area contributed by atoms with E-state index >= 15 is 0 Å². The minimum absolute atomic E-state index is 0.347. The molecule has 102 valence electrons. The minimum Gasteiger partial charge on any atom is -0.493 e. The lowest BCUT2D eigenvalue weighted by Crippen LogP contribution is -2.26. The van der Waals surface area contributed by atoms with Gasteiger partial charge in [0, 0.05) is 42.3 Å². The van der Waals surface area contributed by atoms with Crippen molar-refractivity contribution in [3.63, 3.8) is 0 Å². The third-order valence-corrected chi connectivity index (χ3v) is 4.40. The molecule has 20 heavy (non-hydrogen) atoms. The maximum atomic E-state index is 5.68. The summed E-state index contributed by atoms with van der Waals surface area (Å²) >= 11 is 1.66. The molecule has 4 nitrogen and oxygen atoms in total. The summed E-state index contributed by atoms with van der Waals surface area (Å²) in [6, 6.07) is 8.60. The zero-order valence-corrected chi connectivity index (χ0v) is 11.8. The molecule has 0 saturated heterocycles. The van der Waals surface area contributed by atoms with Crippen LogP contribution in [0.25, 0.3) is 4.96 Å². The zero-order valence-electron chi connectivity index (χ0n) is 11.0. The maximum Gasteiger partial charge on any atom is 0.193 e. The van der Waals surface area contributed by atoms with E-state index in [1.807, 2.05) is 23.7 Å². The molecule has 0 radical (unpaired) electrons. The van der Waals surface area contributed by atoms with Gasteiger partial charge in [0.25, 0.3) is 0 Å². The van der Waals surface area contributed by atoms with Gasteiger partial charge in [-0.1, -0.05) is 18.2 Å². The van der Waals surface area contributed by atoms with Crippen molar-refractivity contribution in [3.8, 4) is 5.75 Å². The van der Waals surface area contributed by atoms with Gasteiger partial charge >= 0.3 is 0 Å². The van der Waals surface area contributed by atoms with Crippen LogP contribution in [0, 0.1) is 0 Å². The molecule has 2 aromatic heterocycles. The fourth-order valence-electron chi connectivity index (χ4n) is 2.64. The minimum atomic E-state index is 0.347. The molecule has 4 rings (SSSR count). The van der Waals surface area contributed by atoms with Gasteiger partial charge in [-0.05, 0) is 6.07 Å². The number of fused-ring (bicyclic) bond motifs is 2.